The Labute approximate surface area is 144 Å². The van der Waals surface area contributed by atoms with Crippen molar-refractivity contribution in [2.75, 3.05) is 0 Å². The Morgan fingerprint density at radius 2 is 1.54 bits per heavy atom. The van der Waals surface area contributed by atoms with Gasteiger partial charge in [0.1, 0.15) is 5.75 Å². The lowest BCUT2D eigenvalue weighted by molar-refractivity contribution is -0.369. The van der Waals surface area contributed by atoms with E-state index in [-0.39, 0.29) is 6.10 Å². The Bertz CT molecular complexity index is 571. The summed E-state index contributed by atoms with van der Waals surface area (Å²) in [6, 6.07) is 7.71. The largest absolute Gasteiger partial charge is 0.508 e. The third kappa shape index (κ3) is 2.66. The smallest absolute Gasteiger partial charge is 0.115 e. The third-order valence-electron chi connectivity index (χ3n) is 7.32. The van der Waals surface area contributed by atoms with Crippen molar-refractivity contribution in [2.45, 2.75) is 69.5 Å². The Kier molecular flexibility index (Phi) is 3.82. The molecule has 3 heteroatoms. The third-order valence-corrected chi connectivity index (χ3v) is 7.32. The summed E-state index contributed by atoms with van der Waals surface area (Å²) in [4.78, 5) is 12.0. The average Bonchev–Trinajstić information content (AvgIpc) is 3.02. The number of phenols is 1. The van der Waals surface area contributed by atoms with E-state index in [1.54, 1.807) is 12.1 Å². The maximum absolute atomic E-state index is 9.42. The summed E-state index contributed by atoms with van der Waals surface area (Å²) >= 11 is 0. The van der Waals surface area contributed by atoms with Crippen molar-refractivity contribution < 1.29 is 14.9 Å². The van der Waals surface area contributed by atoms with Gasteiger partial charge >= 0.3 is 0 Å². The number of hydrogen-bond acceptors (Lipinski definition) is 3. The van der Waals surface area contributed by atoms with Gasteiger partial charge < -0.3 is 5.11 Å². The van der Waals surface area contributed by atoms with Crippen LogP contribution in [-0.4, -0.2) is 17.3 Å². The summed E-state index contributed by atoms with van der Waals surface area (Å²) in [7, 11) is 0. The van der Waals surface area contributed by atoms with Gasteiger partial charge in [-0.2, -0.15) is 0 Å². The Morgan fingerprint density at radius 3 is 2.29 bits per heavy atom. The number of phenolic OH excluding ortho intramolecular Hbond substituents is 1. The molecule has 0 heterocycles. The van der Waals surface area contributed by atoms with Crippen LogP contribution < -0.4 is 0 Å². The fourth-order valence-corrected chi connectivity index (χ4v) is 6.20. The molecule has 130 valence electrons. The fourth-order valence-electron chi connectivity index (χ4n) is 6.20. The van der Waals surface area contributed by atoms with Crippen LogP contribution in [0.1, 0.15) is 62.8 Å². The number of hydrogen-bond donors (Lipinski definition) is 1. The molecule has 0 aliphatic heterocycles. The van der Waals surface area contributed by atoms with Crippen molar-refractivity contribution in [2.24, 2.45) is 23.7 Å². The van der Waals surface area contributed by atoms with Gasteiger partial charge in [0.25, 0.3) is 0 Å². The first-order valence-electron chi connectivity index (χ1n) is 9.87. The molecule has 1 aromatic rings. The summed E-state index contributed by atoms with van der Waals surface area (Å²) in [6.07, 6.45) is 10.8. The van der Waals surface area contributed by atoms with Crippen LogP contribution in [0.3, 0.4) is 0 Å². The second-order valence-corrected chi connectivity index (χ2v) is 8.72. The second-order valence-electron chi connectivity index (χ2n) is 8.72. The molecule has 6 rings (SSSR count). The first-order chi connectivity index (χ1) is 11.8. The number of rotatable bonds is 4. The van der Waals surface area contributed by atoms with E-state index in [1.165, 1.54) is 31.2 Å². The Balaban J connectivity index is 1.12. The Hall–Kier alpha value is -1.06. The van der Waals surface area contributed by atoms with E-state index in [9.17, 15) is 5.11 Å². The molecule has 3 nitrogen and oxygen atoms in total. The molecule has 0 amide bonds. The summed E-state index contributed by atoms with van der Waals surface area (Å²) in [5.74, 6) is 4.46. The summed E-state index contributed by atoms with van der Waals surface area (Å²) in [5, 5.41) is 9.42. The lowest BCUT2D eigenvalue weighted by Crippen LogP contribution is -2.33. The highest BCUT2D eigenvalue weighted by atomic mass is 17.2. The molecule has 24 heavy (non-hydrogen) atoms. The first-order valence-corrected chi connectivity index (χ1v) is 9.87. The monoisotopic (exact) mass is 328 g/mol. The van der Waals surface area contributed by atoms with Gasteiger partial charge in [0.05, 0.1) is 12.2 Å². The Morgan fingerprint density at radius 1 is 0.792 bits per heavy atom. The molecule has 0 aromatic heterocycles. The van der Waals surface area contributed by atoms with Gasteiger partial charge in [0, 0.05) is 0 Å². The van der Waals surface area contributed by atoms with E-state index in [1.807, 2.05) is 0 Å². The van der Waals surface area contributed by atoms with Gasteiger partial charge in [0.15, 0.2) is 0 Å². The molecule has 0 spiro atoms. The predicted molar refractivity (Wildman–Crippen MR) is 91.5 cm³/mol. The maximum Gasteiger partial charge on any atom is 0.115 e. The van der Waals surface area contributed by atoms with Gasteiger partial charge in [-0.25, -0.2) is 9.78 Å². The van der Waals surface area contributed by atoms with Crippen molar-refractivity contribution in [3.05, 3.63) is 29.8 Å². The summed E-state index contributed by atoms with van der Waals surface area (Å²) in [6.45, 7) is 0. The minimum atomic E-state index is 0.273. The molecule has 5 aliphatic rings. The quantitative estimate of drug-likeness (QED) is 0.637. The number of aromatic hydroxyl groups is 1. The first kappa shape index (κ1) is 15.2. The molecule has 5 aliphatic carbocycles. The van der Waals surface area contributed by atoms with Gasteiger partial charge in [0.2, 0.25) is 0 Å². The zero-order valence-electron chi connectivity index (χ0n) is 14.3. The average molecular weight is 328 g/mol. The van der Waals surface area contributed by atoms with Crippen LogP contribution >= 0.6 is 0 Å². The second kappa shape index (κ2) is 6.03. The van der Waals surface area contributed by atoms with Crippen molar-refractivity contribution >= 4 is 0 Å². The molecule has 1 aromatic carbocycles. The van der Waals surface area contributed by atoms with E-state index >= 15 is 0 Å². The molecular formula is C21H28O3. The zero-order chi connectivity index (χ0) is 16.1. The van der Waals surface area contributed by atoms with Crippen molar-refractivity contribution in [1.29, 1.82) is 0 Å². The van der Waals surface area contributed by atoms with Crippen LogP contribution in [0, 0.1) is 23.7 Å². The zero-order valence-corrected chi connectivity index (χ0v) is 14.3. The van der Waals surface area contributed by atoms with Gasteiger partial charge in [-0.15, -0.1) is 0 Å². The minimum absolute atomic E-state index is 0.273. The standard InChI is InChI=1S/C21H28O3/c22-18-5-1-14(2-6-18)15-3-7-19(8-4-15)23-24-21-17-10-13-9-16(12-17)20(21)11-13/h1-2,5-6,13,15-17,19-22H,3-4,7-12H2/t13?,15?,16-,17?,19?,20?,21?/m0/s1. The topological polar surface area (TPSA) is 38.7 Å². The van der Waals surface area contributed by atoms with Gasteiger partial charge in [-0.1, -0.05) is 12.1 Å². The molecule has 4 unspecified atom stereocenters. The van der Waals surface area contributed by atoms with E-state index in [4.69, 9.17) is 9.78 Å². The lowest BCUT2D eigenvalue weighted by Gasteiger charge is -2.33. The molecular weight excluding hydrogens is 300 g/mol. The van der Waals surface area contributed by atoms with E-state index in [0.717, 1.165) is 49.4 Å². The highest BCUT2D eigenvalue weighted by molar-refractivity contribution is 5.28. The fraction of sp³-hybridized carbons (Fsp3) is 0.714. The maximum atomic E-state index is 9.42. The molecule has 5 atom stereocenters. The van der Waals surface area contributed by atoms with Crippen LogP contribution in [-0.2, 0) is 9.78 Å². The van der Waals surface area contributed by atoms with Crippen LogP contribution in [0.25, 0.3) is 0 Å². The molecule has 5 saturated carbocycles. The molecule has 0 radical (unpaired) electrons. The van der Waals surface area contributed by atoms with E-state index in [2.05, 4.69) is 12.1 Å². The van der Waals surface area contributed by atoms with Crippen LogP contribution in [0.15, 0.2) is 24.3 Å². The van der Waals surface area contributed by atoms with E-state index < -0.39 is 0 Å². The number of benzene rings is 1. The summed E-state index contributed by atoms with van der Waals surface area (Å²) < 4.78 is 0. The normalized spacial score (nSPS) is 43.4. The van der Waals surface area contributed by atoms with Crippen LogP contribution in [0.4, 0.5) is 0 Å². The lowest BCUT2D eigenvalue weighted by atomic mass is 9.80. The highest BCUT2D eigenvalue weighted by Gasteiger charge is 2.55. The predicted octanol–water partition coefficient (Wildman–Crippen LogP) is 4.80. The van der Waals surface area contributed by atoms with Crippen molar-refractivity contribution in [3.8, 4) is 5.75 Å². The molecule has 4 bridgehead atoms. The molecule has 5 fully saturated rings. The van der Waals surface area contributed by atoms with Gasteiger partial charge in [-0.3, -0.25) is 0 Å². The van der Waals surface area contributed by atoms with Gasteiger partial charge in [-0.05, 0) is 98.7 Å². The van der Waals surface area contributed by atoms with Crippen LogP contribution in [0.5, 0.6) is 5.75 Å². The van der Waals surface area contributed by atoms with Crippen LogP contribution in [0.2, 0.25) is 0 Å². The SMILES string of the molecule is Oc1ccc(C2CCC(OOC3C4CC5CC3[C@@H](C5)C4)CC2)cc1. The highest BCUT2D eigenvalue weighted by Crippen LogP contribution is 2.59. The molecule has 1 N–H and O–H groups in total. The summed E-state index contributed by atoms with van der Waals surface area (Å²) in [5.41, 5.74) is 1.34. The van der Waals surface area contributed by atoms with E-state index in [0.29, 0.717) is 17.8 Å². The minimum Gasteiger partial charge on any atom is -0.508 e. The van der Waals surface area contributed by atoms with Crippen molar-refractivity contribution in [3.63, 3.8) is 0 Å². The van der Waals surface area contributed by atoms with Crippen molar-refractivity contribution in [1.82, 2.24) is 0 Å². The molecule has 0 saturated heterocycles.